The molecule has 2 heterocycles. The summed E-state index contributed by atoms with van der Waals surface area (Å²) < 4.78 is 0. The summed E-state index contributed by atoms with van der Waals surface area (Å²) in [7, 11) is 0. The molecule has 0 aliphatic rings. The molecular weight excluding hydrogens is 280 g/mol. The van der Waals surface area contributed by atoms with Gasteiger partial charge in [-0.2, -0.15) is 0 Å². The van der Waals surface area contributed by atoms with Crippen LogP contribution in [0, 0.1) is 0 Å². The first-order valence-electron chi connectivity index (χ1n) is 7.84. The van der Waals surface area contributed by atoms with Crippen LogP contribution in [0.1, 0.15) is 22.9 Å². The second-order valence-corrected chi connectivity index (χ2v) is 5.67. The summed E-state index contributed by atoms with van der Waals surface area (Å²) in [6.45, 7) is 0. The molecule has 0 aliphatic heterocycles. The number of hydrogen-bond donors (Lipinski definition) is 2. The van der Waals surface area contributed by atoms with Gasteiger partial charge in [-0.15, -0.1) is 0 Å². The first-order chi connectivity index (χ1) is 11.4. The Morgan fingerprint density at radius 3 is 1.61 bits per heavy atom. The number of rotatable bonds is 4. The van der Waals surface area contributed by atoms with Crippen LogP contribution >= 0.6 is 0 Å². The summed E-state index contributed by atoms with van der Waals surface area (Å²) in [5.41, 5.74) is 6.15. The standard InChI is InChI=1S/C21H18N2/c1-2-6-16(7-3-1)17-10-12-18(13-11-17)21(19-8-4-14-22-19)20-9-5-15-23-20/h1-15,21-23H. The number of aromatic nitrogens is 2. The molecule has 0 amide bonds. The van der Waals surface area contributed by atoms with E-state index in [-0.39, 0.29) is 5.92 Å². The third kappa shape index (κ3) is 2.71. The molecule has 2 heteroatoms. The first kappa shape index (κ1) is 13.6. The predicted molar refractivity (Wildman–Crippen MR) is 94.4 cm³/mol. The van der Waals surface area contributed by atoms with Gasteiger partial charge in [-0.05, 0) is 41.0 Å². The molecule has 4 aromatic rings. The summed E-state index contributed by atoms with van der Waals surface area (Å²) in [5, 5.41) is 0. The van der Waals surface area contributed by atoms with E-state index in [0.29, 0.717) is 0 Å². The summed E-state index contributed by atoms with van der Waals surface area (Å²) in [5.74, 6) is 0.199. The first-order valence-corrected chi connectivity index (χ1v) is 7.84. The lowest BCUT2D eigenvalue weighted by atomic mass is 9.91. The number of nitrogens with one attached hydrogen (secondary N) is 2. The highest BCUT2D eigenvalue weighted by Crippen LogP contribution is 2.31. The fourth-order valence-corrected chi connectivity index (χ4v) is 3.07. The van der Waals surface area contributed by atoms with Crippen molar-refractivity contribution in [2.75, 3.05) is 0 Å². The van der Waals surface area contributed by atoms with Crippen molar-refractivity contribution in [3.8, 4) is 11.1 Å². The molecule has 23 heavy (non-hydrogen) atoms. The van der Waals surface area contributed by atoms with E-state index in [1.54, 1.807) is 0 Å². The maximum Gasteiger partial charge on any atom is 0.0641 e. The quantitative estimate of drug-likeness (QED) is 0.519. The predicted octanol–water partition coefficient (Wildman–Crippen LogP) is 5.19. The Morgan fingerprint density at radius 1 is 0.522 bits per heavy atom. The average Bonchev–Trinajstić information content (AvgIpc) is 3.31. The van der Waals surface area contributed by atoms with Gasteiger partial charge in [-0.1, -0.05) is 54.6 Å². The highest BCUT2D eigenvalue weighted by atomic mass is 14.7. The van der Waals surface area contributed by atoms with Gasteiger partial charge in [0, 0.05) is 23.8 Å². The van der Waals surface area contributed by atoms with Crippen LogP contribution < -0.4 is 0 Å². The maximum atomic E-state index is 3.35. The number of benzene rings is 2. The monoisotopic (exact) mass is 298 g/mol. The van der Waals surface area contributed by atoms with E-state index in [0.717, 1.165) is 0 Å². The SMILES string of the molecule is c1ccc(-c2ccc(C(c3ccc[nH]3)c3ccc[nH]3)cc2)cc1. The van der Waals surface area contributed by atoms with Gasteiger partial charge in [0.15, 0.2) is 0 Å². The smallest absolute Gasteiger partial charge is 0.0641 e. The molecule has 0 atom stereocenters. The molecule has 0 saturated carbocycles. The van der Waals surface area contributed by atoms with Gasteiger partial charge in [0.25, 0.3) is 0 Å². The van der Waals surface area contributed by atoms with Gasteiger partial charge in [-0.3, -0.25) is 0 Å². The molecule has 4 rings (SSSR count). The van der Waals surface area contributed by atoms with Crippen LogP contribution in [0.5, 0.6) is 0 Å². The summed E-state index contributed by atoms with van der Waals surface area (Å²) in [4.78, 5) is 6.70. The molecule has 0 spiro atoms. The Balaban J connectivity index is 1.73. The minimum Gasteiger partial charge on any atom is -0.364 e. The van der Waals surface area contributed by atoms with Crippen molar-refractivity contribution < 1.29 is 0 Å². The molecular formula is C21H18N2. The Bertz CT molecular complexity index is 808. The summed E-state index contributed by atoms with van der Waals surface area (Å²) in [6, 6.07) is 27.7. The second-order valence-electron chi connectivity index (χ2n) is 5.67. The van der Waals surface area contributed by atoms with Gasteiger partial charge in [0.1, 0.15) is 0 Å². The van der Waals surface area contributed by atoms with Gasteiger partial charge in [-0.25, -0.2) is 0 Å². The van der Waals surface area contributed by atoms with Gasteiger partial charge in [0.05, 0.1) is 5.92 Å². The molecule has 0 radical (unpaired) electrons. The van der Waals surface area contributed by atoms with Gasteiger partial charge in [0.2, 0.25) is 0 Å². The van der Waals surface area contributed by atoms with E-state index in [1.807, 2.05) is 30.6 Å². The Kier molecular flexibility index (Phi) is 3.57. The lowest BCUT2D eigenvalue weighted by molar-refractivity contribution is 0.898. The summed E-state index contributed by atoms with van der Waals surface area (Å²) >= 11 is 0. The van der Waals surface area contributed by atoms with E-state index in [1.165, 1.54) is 28.1 Å². The van der Waals surface area contributed by atoms with Gasteiger partial charge >= 0.3 is 0 Å². The fourth-order valence-electron chi connectivity index (χ4n) is 3.07. The van der Waals surface area contributed by atoms with Crippen LogP contribution in [0.4, 0.5) is 0 Å². The molecule has 112 valence electrons. The van der Waals surface area contributed by atoms with Gasteiger partial charge < -0.3 is 9.97 Å². The van der Waals surface area contributed by atoms with E-state index < -0.39 is 0 Å². The topological polar surface area (TPSA) is 31.6 Å². The molecule has 2 N–H and O–H groups in total. The minimum absolute atomic E-state index is 0.199. The largest absolute Gasteiger partial charge is 0.364 e. The zero-order chi connectivity index (χ0) is 15.5. The molecule has 0 bridgehead atoms. The van der Waals surface area contributed by atoms with Crippen LogP contribution in [-0.4, -0.2) is 9.97 Å². The molecule has 0 fully saturated rings. The number of aromatic amines is 2. The minimum atomic E-state index is 0.199. The van der Waals surface area contributed by atoms with Crippen LogP contribution in [0.2, 0.25) is 0 Å². The fraction of sp³-hybridized carbons (Fsp3) is 0.0476. The van der Waals surface area contributed by atoms with Crippen LogP contribution in [0.15, 0.2) is 91.3 Å². The lowest BCUT2D eigenvalue weighted by Gasteiger charge is -2.16. The number of H-pyrrole nitrogens is 2. The third-order valence-electron chi connectivity index (χ3n) is 4.22. The highest BCUT2D eigenvalue weighted by molar-refractivity contribution is 5.63. The van der Waals surface area contributed by atoms with E-state index in [4.69, 9.17) is 0 Å². The van der Waals surface area contributed by atoms with Crippen molar-refractivity contribution >= 4 is 0 Å². The Morgan fingerprint density at radius 2 is 1.09 bits per heavy atom. The van der Waals surface area contributed by atoms with Crippen molar-refractivity contribution in [2.45, 2.75) is 5.92 Å². The van der Waals surface area contributed by atoms with E-state index in [9.17, 15) is 0 Å². The van der Waals surface area contributed by atoms with Crippen molar-refractivity contribution in [2.24, 2.45) is 0 Å². The zero-order valence-electron chi connectivity index (χ0n) is 12.7. The third-order valence-corrected chi connectivity index (χ3v) is 4.22. The van der Waals surface area contributed by atoms with Crippen LogP contribution in [-0.2, 0) is 0 Å². The van der Waals surface area contributed by atoms with Crippen LogP contribution in [0.3, 0.4) is 0 Å². The molecule has 0 aliphatic carbocycles. The maximum absolute atomic E-state index is 3.35. The molecule has 2 aromatic heterocycles. The molecule has 2 aromatic carbocycles. The average molecular weight is 298 g/mol. The van der Waals surface area contributed by atoms with Crippen molar-refractivity contribution in [3.05, 3.63) is 108 Å². The lowest BCUT2D eigenvalue weighted by Crippen LogP contribution is -2.04. The van der Waals surface area contributed by atoms with Crippen molar-refractivity contribution in [1.82, 2.24) is 9.97 Å². The van der Waals surface area contributed by atoms with E-state index >= 15 is 0 Å². The number of hydrogen-bond acceptors (Lipinski definition) is 0. The van der Waals surface area contributed by atoms with Crippen LogP contribution in [0.25, 0.3) is 11.1 Å². The Hall–Kier alpha value is -3.00. The molecule has 2 nitrogen and oxygen atoms in total. The van der Waals surface area contributed by atoms with E-state index in [2.05, 4.69) is 70.6 Å². The zero-order valence-corrected chi connectivity index (χ0v) is 12.7. The summed E-state index contributed by atoms with van der Waals surface area (Å²) in [6.07, 6.45) is 3.95. The normalized spacial score (nSPS) is 11.0. The molecule has 0 unspecified atom stereocenters. The van der Waals surface area contributed by atoms with Crippen molar-refractivity contribution in [1.29, 1.82) is 0 Å². The molecule has 0 saturated heterocycles. The highest BCUT2D eigenvalue weighted by Gasteiger charge is 2.18. The Labute approximate surface area is 135 Å². The second kappa shape index (κ2) is 6.01. The van der Waals surface area contributed by atoms with Crippen molar-refractivity contribution in [3.63, 3.8) is 0 Å².